The Labute approximate surface area is 192 Å². The zero-order chi connectivity index (χ0) is 19.5. The second-order valence-electron chi connectivity index (χ2n) is 7.05. The number of nitrogens with one attached hydrogen (secondary N) is 1. The van der Waals surface area contributed by atoms with Gasteiger partial charge in [0.05, 0.1) is 16.7 Å². The maximum absolute atomic E-state index is 12.8. The number of benzene rings is 2. The summed E-state index contributed by atoms with van der Waals surface area (Å²) in [6, 6.07) is 13.2. The van der Waals surface area contributed by atoms with Crippen molar-refractivity contribution in [2.45, 2.75) is 38.8 Å². The fourth-order valence-electron chi connectivity index (χ4n) is 3.58. The van der Waals surface area contributed by atoms with Crippen molar-refractivity contribution in [3.05, 3.63) is 75.2 Å². The number of nitrogens with zero attached hydrogens (tertiary/aromatic N) is 1. The van der Waals surface area contributed by atoms with Gasteiger partial charge in [0.1, 0.15) is 12.4 Å². The predicted octanol–water partition coefficient (Wildman–Crippen LogP) is 5.26. The average Bonchev–Trinajstić information content (AvgIpc) is 3.12. The average molecular weight is 466 g/mol. The van der Waals surface area contributed by atoms with Crippen LogP contribution >= 0.6 is 36.2 Å². The maximum atomic E-state index is 12.8. The molecule has 4 rings (SSSR count). The molecule has 0 saturated carbocycles. The third-order valence-electron chi connectivity index (χ3n) is 4.94. The quantitative estimate of drug-likeness (QED) is 0.503. The number of carbonyl (C=O) groups excluding carboxylic acids is 1. The maximum Gasteiger partial charge on any atom is 0.251 e. The molecule has 5 nitrogen and oxygen atoms in total. The molecule has 0 saturated heterocycles. The van der Waals surface area contributed by atoms with E-state index >= 15 is 0 Å². The Morgan fingerprint density at radius 2 is 2.10 bits per heavy atom. The predicted molar refractivity (Wildman–Crippen MR) is 126 cm³/mol. The van der Waals surface area contributed by atoms with E-state index in [1.807, 2.05) is 48.7 Å². The van der Waals surface area contributed by atoms with Gasteiger partial charge >= 0.3 is 0 Å². The van der Waals surface area contributed by atoms with Gasteiger partial charge in [0.2, 0.25) is 0 Å². The molecule has 0 fully saturated rings. The van der Waals surface area contributed by atoms with Crippen LogP contribution in [-0.4, -0.2) is 10.9 Å². The second-order valence-corrected chi connectivity index (χ2v) is 8.11. The first-order valence-electron chi connectivity index (χ1n) is 9.41. The molecule has 8 heteroatoms. The van der Waals surface area contributed by atoms with Gasteiger partial charge in [0, 0.05) is 16.6 Å². The highest BCUT2D eigenvalue weighted by atomic mass is 35.5. The summed E-state index contributed by atoms with van der Waals surface area (Å²) >= 11 is 1.60. The van der Waals surface area contributed by atoms with Gasteiger partial charge in [0.15, 0.2) is 0 Å². The van der Waals surface area contributed by atoms with Gasteiger partial charge in [-0.05, 0) is 67.6 Å². The number of hydrogen-bond acceptors (Lipinski definition) is 5. The Bertz CT molecular complexity index is 1010. The highest BCUT2D eigenvalue weighted by molar-refractivity contribution is 7.09. The van der Waals surface area contributed by atoms with E-state index in [4.69, 9.17) is 10.5 Å². The molecule has 2 aromatic carbocycles. The number of halogens is 2. The molecule has 0 aliphatic heterocycles. The molecule has 30 heavy (non-hydrogen) atoms. The van der Waals surface area contributed by atoms with Crippen LogP contribution in [0.25, 0.3) is 0 Å². The van der Waals surface area contributed by atoms with Crippen LogP contribution < -0.4 is 15.8 Å². The molecule has 0 bridgehead atoms. The minimum Gasteiger partial charge on any atom is -0.487 e. The van der Waals surface area contributed by atoms with Crippen molar-refractivity contribution in [2.24, 2.45) is 0 Å². The fourth-order valence-corrected chi connectivity index (χ4v) is 4.18. The molecule has 3 N–H and O–H groups in total. The molecule has 1 heterocycles. The summed E-state index contributed by atoms with van der Waals surface area (Å²) in [6.07, 6.45) is 2.98. The van der Waals surface area contributed by atoms with Crippen LogP contribution in [0.4, 0.5) is 5.69 Å². The van der Waals surface area contributed by atoms with Crippen molar-refractivity contribution >= 4 is 47.7 Å². The van der Waals surface area contributed by atoms with Crippen LogP contribution in [0.2, 0.25) is 0 Å². The summed E-state index contributed by atoms with van der Waals surface area (Å²) in [6.45, 7) is 2.36. The summed E-state index contributed by atoms with van der Waals surface area (Å²) in [4.78, 5) is 17.2. The Hall–Kier alpha value is -2.28. The number of thiazole rings is 1. The molecule has 1 atom stereocenters. The lowest BCUT2D eigenvalue weighted by molar-refractivity contribution is 0.0932. The molecule has 3 aromatic rings. The van der Waals surface area contributed by atoms with Gasteiger partial charge in [-0.15, -0.1) is 36.2 Å². The summed E-state index contributed by atoms with van der Waals surface area (Å²) in [5.74, 6) is 0.569. The molecule has 1 amide bonds. The van der Waals surface area contributed by atoms with Crippen molar-refractivity contribution < 1.29 is 9.53 Å². The number of rotatable bonds is 5. The first kappa shape index (κ1) is 24.0. The van der Waals surface area contributed by atoms with Gasteiger partial charge in [-0.3, -0.25) is 4.79 Å². The minimum atomic E-state index is -0.0929. The van der Waals surface area contributed by atoms with Crippen LogP contribution in [0.5, 0.6) is 5.75 Å². The van der Waals surface area contributed by atoms with E-state index < -0.39 is 0 Å². The molecule has 1 aliphatic rings. The highest BCUT2D eigenvalue weighted by Gasteiger charge is 2.22. The minimum absolute atomic E-state index is 0. The van der Waals surface area contributed by atoms with Gasteiger partial charge in [-0.1, -0.05) is 12.1 Å². The van der Waals surface area contributed by atoms with Crippen molar-refractivity contribution in [2.75, 3.05) is 5.73 Å². The SMILES string of the molecule is Cc1nc(COc2cccc(C(=O)NC3CCCc4cc(N)ccc43)c2)cs1.Cl.Cl. The number of aryl methyl sites for hydroxylation is 2. The number of hydrogen-bond donors (Lipinski definition) is 2. The van der Waals surface area contributed by atoms with Gasteiger partial charge in [0.25, 0.3) is 5.91 Å². The Kier molecular flexibility index (Phi) is 8.53. The van der Waals surface area contributed by atoms with E-state index in [0.29, 0.717) is 17.9 Å². The van der Waals surface area contributed by atoms with E-state index in [1.165, 1.54) is 11.1 Å². The van der Waals surface area contributed by atoms with Gasteiger partial charge in [-0.2, -0.15) is 0 Å². The van der Waals surface area contributed by atoms with Crippen LogP contribution in [0.3, 0.4) is 0 Å². The first-order valence-corrected chi connectivity index (χ1v) is 10.3. The van der Waals surface area contributed by atoms with E-state index in [9.17, 15) is 4.79 Å². The molecular formula is C22H25Cl2N3O2S. The van der Waals surface area contributed by atoms with Crippen molar-refractivity contribution in [3.63, 3.8) is 0 Å². The van der Waals surface area contributed by atoms with Crippen molar-refractivity contribution in [3.8, 4) is 5.75 Å². The van der Waals surface area contributed by atoms with Crippen molar-refractivity contribution in [1.29, 1.82) is 0 Å². The lowest BCUT2D eigenvalue weighted by Crippen LogP contribution is -2.31. The number of amides is 1. The van der Waals surface area contributed by atoms with Crippen LogP contribution in [0, 0.1) is 6.92 Å². The third kappa shape index (κ3) is 5.65. The third-order valence-corrected chi connectivity index (χ3v) is 5.76. The normalized spacial score (nSPS) is 14.6. The first-order chi connectivity index (χ1) is 13.6. The molecule has 160 valence electrons. The molecule has 0 spiro atoms. The number of aromatic nitrogens is 1. The summed E-state index contributed by atoms with van der Waals surface area (Å²) in [7, 11) is 0. The lowest BCUT2D eigenvalue weighted by atomic mass is 9.87. The Balaban J connectivity index is 0.00000160. The summed E-state index contributed by atoms with van der Waals surface area (Å²) < 4.78 is 5.81. The van der Waals surface area contributed by atoms with E-state index in [2.05, 4.69) is 10.3 Å². The lowest BCUT2D eigenvalue weighted by Gasteiger charge is -2.26. The summed E-state index contributed by atoms with van der Waals surface area (Å²) in [5, 5.41) is 6.17. The Morgan fingerprint density at radius 3 is 2.87 bits per heavy atom. The Morgan fingerprint density at radius 1 is 1.27 bits per heavy atom. The number of fused-ring (bicyclic) bond motifs is 1. The zero-order valence-electron chi connectivity index (χ0n) is 16.6. The van der Waals surface area contributed by atoms with Gasteiger partial charge < -0.3 is 15.8 Å². The topological polar surface area (TPSA) is 77.2 Å². The number of nitrogen functional groups attached to an aromatic ring is 1. The van der Waals surface area contributed by atoms with E-state index in [0.717, 1.165) is 35.7 Å². The molecule has 1 aliphatic carbocycles. The molecule has 1 aromatic heterocycles. The number of anilines is 1. The van der Waals surface area contributed by atoms with Crippen molar-refractivity contribution in [1.82, 2.24) is 10.3 Å². The summed E-state index contributed by atoms with van der Waals surface area (Å²) in [5.41, 5.74) is 10.6. The second kappa shape index (κ2) is 10.7. The van der Waals surface area contributed by atoms with Crippen LogP contribution in [-0.2, 0) is 13.0 Å². The standard InChI is InChI=1S/C22H23N3O2S.2ClH/c1-14-24-18(13-28-14)12-27-19-6-2-5-16(11-19)22(26)25-21-7-3-4-15-10-17(23)8-9-20(15)21;;/h2,5-6,8-11,13,21H,3-4,7,12,23H2,1H3,(H,25,26);2*1H. The fraction of sp³-hybridized carbons (Fsp3) is 0.273. The number of ether oxygens (including phenoxy) is 1. The smallest absolute Gasteiger partial charge is 0.251 e. The van der Waals surface area contributed by atoms with E-state index in [1.54, 1.807) is 17.4 Å². The number of nitrogens with two attached hydrogens (primary N) is 1. The van der Waals surface area contributed by atoms with Gasteiger partial charge in [-0.25, -0.2) is 4.98 Å². The largest absolute Gasteiger partial charge is 0.487 e. The zero-order valence-corrected chi connectivity index (χ0v) is 19.0. The van der Waals surface area contributed by atoms with E-state index in [-0.39, 0.29) is 36.8 Å². The molecule has 1 unspecified atom stereocenters. The van der Waals surface area contributed by atoms with Crippen LogP contribution in [0.1, 0.15) is 51.1 Å². The molecular weight excluding hydrogens is 441 g/mol. The van der Waals surface area contributed by atoms with Crippen LogP contribution in [0.15, 0.2) is 47.8 Å². The highest BCUT2D eigenvalue weighted by Crippen LogP contribution is 2.31. The number of carbonyl (C=O) groups is 1. The monoisotopic (exact) mass is 465 g/mol. The molecule has 0 radical (unpaired) electrons.